The molecule has 1 aromatic rings. The van der Waals surface area contributed by atoms with Gasteiger partial charge in [-0.2, -0.15) is 0 Å². The van der Waals surface area contributed by atoms with E-state index in [9.17, 15) is 5.11 Å². The Balaban J connectivity index is 1.68. The topological polar surface area (TPSA) is 57.2 Å². The highest BCUT2D eigenvalue weighted by Gasteiger charge is 2.19. The molecule has 1 fully saturated rings. The predicted octanol–water partition coefficient (Wildman–Crippen LogP) is 5.07. The Morgan fingerprint density at radius 3 is 2.30 bits per heavy atom. The zero-order chi connectivity index (χ0) is 21.6. The molecule has 0 aromatic heterocycles. The SMILES string of the molecule is COc1cc(C#CCCCCCCC#CCC2CCCCO2)c(O)c(OC)c1OC. The third-order valence-electron chi connectivity index (χ3n) is 5.11. The maximum absolute atomic E-state index is 10.4. The Bertz CT molecular complexity index is 773. The summed E-state index contributed by atoms with van der Waals surface area (Å²) in [5.74, 6) is 13.7. The monoisotopic (exact) mass is 414 g/mol. The molecule has 0 bridgehead atoms. The Morgan fingerprint density at radius 2 is 1.67 bits per heavy atom. The fourth-order valence-corrected chi connectivity index (χ4v) is 3.42. The van der Waals surface area contributed by atoms with Crippen molar-refractivity contribution in [1.82, 2.24) is 0 Å². The standard InChI is InChI=1S/C25H34O5/c1-27-22-19-20(23(26)25(29-3)24(22)28-2)15-11-9-7-5-4-6-8-10-12-16-21-17-13-14-18-30-21/h19,21,26H,4-9,13-14,16-18H2,1-3H3. The Labute approximate surface area is 181 Å². The Kier molecular flexibility index (Phi) is 10.8. The van der Waals surface area contributed by atoms with Gasteiger partial charge in [-0.3, -0.25) is 0 Å². The second kappa shape index (κ2) is 13.7. The van der Waals surface area contributed by atoms with E-state index < -0.39 is 0 Å². The minimum absolute atomic E-state index is 0.0279. The average molecular weight is 415 g/mol. The normalized spacial score (nSPS) is 15.4. The van der Waals surface area contributed by atoms with Crippen LogP contribution < -0.4 is 14.2 Å². The van der Waals surface area contributed by atoms with Gasteiger partial charge in [-0.15, -0.1) is 11.8 Å². The van der Waals surface area contributed by atoms with E-state index >= 15 is 0 Å². The highest BCUT2D eigenvalue weighted by molar-refractivity contribution is 5.66. The van der Waals surface area contributed by atoms with E-state index in [1.165, 1.54) is 27.1 Å². The molecule has 0 saturated carbocycles. The fraction of sp³-hybridized carbons (Fsp3) is 0.600. The highest BCUT2D eigenvalue weighted by atomic mass is 16.5. The number of ether oxygens (including phenoxy) is 4. The fourth-order valence-electron chi connectivity index (χ4n) is 3.42. The lowest BCUT2D eigenvalue weighted by atomic mass is 10.1. The van der Waals surface area contributed by atoms with Gasteiger partial charge >= 0.3 is 0 Å². The first-order valence-corrected chi connectivity index (χ1v) is 10.8. The first kappa shape index (κ1) is 23.8. The van der Waals surface area contributed by atoms with Crippen molar-refractivity contribution in [2.45, 2.75) is 70.3 Å². The molecule has 0 spiro atoms. The molecule has 1 unspecified atom stereocenters. The predicted molar refractivity (Wildman–Crippen MR) is 118 cm³/mol. The minimum atomic E-state index is -0.0279. The molecule has 0 amide bonds. The number of phenolic OH excluding ortho intramolecular Hbond substituents is 1. The number of aromatic hydroxyl groups is 1. The van der Waals surface area contributed by atoms with Crippen LogP contribution in [0.2, 0.25) is 0 Å². The van der Waals surface area contributed by atoms with Crippen molar-refractivity contribution >= 4 is 0 Å². The quantitative estimate of drug-likeness (QED) is 0.451. The molecule has 1 atom stereocenters. The van der Waals surface area contributed by atoms with Crippen LogP contribution in [0, 0.1) is 23.7 Å². The van der Waals surface area contributed by atoms with Crippen molar-refractivity contribution in [2.24, 2.45) is 0 Å². The average Bonchev–Trinajstić information content (AvgIpc) is 2.78. The van der Waals surface area contributed by atoms with Gasteiger partial charge in [-0.1, -0.05) is 24.7 Å². The molecule has 164 valence electrons. The van der Waals surface area contributed by atoms with Gasteiger partial charge in [0.05, 0.1) is 33.0 Å². The van der Waals surface area contributed by atoms with E-state index in [0.29, 0.717) is 23.2 Å². The molecule has 30 heavy (non-hydrogen) atoms. The van der Waals surface area contributed by atoms with Gasteiger partial charge < -0.3 is 24.1 Å². The zero-order valence-electron chi connectivity index (χ0n) is 18.5. The lowest BCUT2D eigenvalue weighted by molar-refractivity contribution is 0.0197. The number of unbranched alkanes of at least 4 members (excludes halogenated alkanes) is 5. The largest absolute Gasteiger partial charge is 0.503 e. The summed E-state index contributed by atoms with van der Waals surface area (Å²) in [5.41, 5.74) is 0.474. The number of phenols is 1. The van der Waals surface area contributed by atoms with E-state index in [1.807, 2.05) is 0 Å². The van der Waals surface area contributed by atoms with Crippen LogP contribution >= 0.6 is 0 Å². The van der Waals surface area contributed by atoms with Gasteiger partial charge in [0.15, 0.2) is 11.5 Å². The van der Waals surface area contributed by atoms with Crippen LogP contribution in [0.1, 0.15) is 69.8 Å². The van der Waals surface area contributed by atoms with E-state index in [-0.39, 0.29) is 11.5 Å². The van der Waals surface area contributed by atoms with Crippen LogP contribution in [-0.4, -0.2) is 39.1 Å². The third kappa shape index (κ3) is 7.39. The number of hydrogen-bond donors (Lipinski definition) is 1. The molecule has 2 rings (SSSR count). The summed E-state index contributed by atoms with van der Waals surface area (Å²) in [6.45, 7) is 0.897. The van der Waals surface area contributed by atoms with Crippen LogP contribution in [0.4, 0.5) is 0 Å². The van der Waals surface area contributed by atoms with Crippen molar-refractivity contribution in [3.8, 4) is 46.7 Å². The van der Waals surface area contributed by atoms with Gasteiger partial charge in [0.2, 0.25) is 11.5 Å². The van der Waals surface area contributed by atoms with Crippen molar-refractivity contribution in [3.63, 3.8) is 0 Å². The van der Waals surface area contributed by atoms with E-state index in [4.69, 9.17) is 18.9 Å². The summed E-state index contributed by atoms with van der Waals surface area (Å²) in [4.78, 5) is 0. The second-order valence-corrected chi connectivity index (χ2v) is 7.30. The number of benzene rings is 1. The molecular formula is C25H34O5. The molecular weight excluding hydrogens is 380 g/mol. The molecule has 0 aliphatic carbocycles. The van der Waals surface area contributed by atoms with Gasteiger partial charge in [0, 0.05) is 31.9 Å². The van der Waals surface area contributed by atoms with Crippen LogP contribution in [0.3, 0.4) is 0 Å². The molecule has 1 aromatic carbocycles. The van der Waals surface area contributed by atoms with Crippen LogP contribution in [-0.2, 0) is 4.74 Å². The van der Waals surface area contributed by atoms with Gasteiger partial charge in [-0.05, 0) is 32.1 Å². The lowest BCUT2D eigenvalue weighted by Crippen LogP contribution is -2.17. The summed E-state index contributed by atoms with van der Waals surface area (Å²) in [6.07, 6.45) is 11.0. The van der Waals surface area contributed by atoms with Crippen molar-refractivity contribution < 1.29 is 24.1 Å². The van der Waals surface area contributed by atoms with Crippen LogP contribution in [0.5, 0.6) is 23.0 Å². The number of hydrogen-bond acceptors (Lipinski definition) is 5. The molecule has 1 heterocycles. The van der Waals surface area contributed by atoms with Gasteiger partial charge in [0.25, 0.3) is 0 Å². The number of rotatable bonds is 9. The van der Waals surface area contributed by atoms with E-state index in [1.54, 1.807) is 13.2 Å². The third-order valence-corrected chi connectivity index (χ3v) is 5.11. The number of methoxy groups -OCH3 is 3. The van der Waals surface area contributed by atoms with Crippen LogP contribution in [0.25, 0.3) is 0 Å². The molecule has 1 saturated heterocycles. The van der Waals surface area contributed by atoms with E-state index in [0.717, 1.165) is 58.0 Å². The molecule has 1 N–H and O–H groups in total. The Morgan fingerprint density at radius 1 is 0.933 bits per heavy atom. The summed E-state index contributed by atoms with van der Waals surface area (Å²) >= 11 is 0. The molecule has 5 heteroatoms. The van der Waals surface area contributed by atoms with Crippen molar-refractivity contribution in [1.29, 1.82) is 0 Å². The first-order valence-electron chi connectivity index (χ1n) is 10.8. The summed E-state index contributed by atoms with van der Waals surface area (Å²) in [6, 6.07) is 1.67. The maximum Gasteiger partial charge on any atom is 0.208 e. The highest BCUT2D eigenvalue weighted by Crippen LogP contribution is 2.45. The summed E-state index contributed by atoms with van der Waals surface area (Å²) < 4.78 is 21.5. The smallest absolute Gasteiger partial charge is 0.208 e. The van der Waals surface area contributed by atoms with Crippen molar-refractivity contribution in [3.05, 3.63) is 11.6 Å². The lowest BCUT2D eigenvalue weighted by Gasteiger charge is -2.20. The molecule has 1 aliphatic heterocycles. The molecule has 1 aliphatic rings. The zero-order valence-corrected chi connectivity index (χ0v) is 18.5. The first-order chi connectivity index (χ1) is 14.7. The van der Waals surface area contributed by atoms with Crippen molar-refractivity contribution in [2.75, 3.05) is 27.9 Å². The maximum atomic E-state index is 10.4. The van der Waals surface area contributed by atoms with Gasteiger partial charge in [-0.25, -0.2) is 0 Å². The van der Waals surface area contributed by atoms with Gasteiger partial charge in [0.1, 0.15) is 0 Å². The molecule has 0 radical (unpaired) electrons. The van der Waals surface area contributed by atoms with Crippen LogP contribution in [0.15, 0.2) is 6.07 Å². The summed E-state index contributed by atoms with van der Waals surface area (Å²) in [7, 11) is 4.52. The molecule has 5 nitrogen and oxygen atoms in total. The second-order valence-electron chi connectivity index (χ2n) is 7.30. The minimum Gasteiger partial charge on any atom is -0.503 e. The summed E-state index contributed by atoms with van der Waals surface area (Å²) in [5, 5.41) is 10.4. The van der Waals surface area contributed by atoms with E-state index in [2.05, 4.69) is 23.7 Å². The Hall–Kier alpha value is -2.50.